The van der Waals surface area contributed by atoms with Gasteiger partial charge in [-0.3, -0.25) is 9.48 Å². The number of carbonyl (C=O) groups excluding carboxylic acids is 1. The van der Waals surface area contributed by atoms with Crippen molar-refractivity contribution in [2.24, 2.45) is 0 Å². The van der Waals surface area contributed by atoms with Crippen LogP contribution in [0.1, 0.15) is 18.2 Å². The van der Waals surface area contributed by atoms with Gasteiger partial charge in [0.05, 0.1) is 34.9 Å². The SMILES string of the molecule is CC(O)(Cn1nc(F)c2cc(F)ccc21)C(=O)Nc1cnc(C#N)c(C(F)(F)F)c1. The molecule has 0 saturated heterocycles. The Morgan fingerprint density at radius 1 is 1.30 bits per heavy atom. The quantitative estimate of drug-likeness (QED) is 0.626. The maximum absolute atomic E-state index is 13.9. The molecular weight excluding hydrogens is 413 g/mol. The lowest BCUT2D eigenvalue weighted by Gasteiger charge is -2.23. The van der Waals surface area contributed by atoms with E-state index in [4.69, 9.17) is 5.26 Å². The zero-order valence-corrected chi connectivity index (χ0v) is 15.1. The molecule has 2 N–H and O–H groups in total. The first-order valence-electron chi connectivity index (χ1n) is 8.25. The number of nitrogens with zero attached hydrogens (tertiary/aromatic N) is 4. The van der Waals surface area contributed by atoms with Gasteiger partial charge < -0.3 is 10.4 Å². The highest BCUT2D eigenvalue weighted by Gasteiger charge is 2.36. The van der Waals surface area contributed by atoms with E-state index < -0.39 is 52.9 Å². The largest absolute Gasteiger partial charge is 0.419 e. The van der Waals surface area contributed by atoms with E-state index >= 15 is 0 Å². The number of aliphatic hydroxyl groups is 1. The fourth-order valence-corrected chi connectivity index (χ4v) is 2.70. The summed E-state index contributed by atoms with van der Waals surface area (Å²) < 4.78 is 67.2. The third kappa shape index (κ3) is 4.06. The number of benzene rings is 1. The molecule has 1 amide bonds. The Morgan fingerprint density at radius 2 is 2.00 bits per heavy atom. The summed E-state index contributed by atoms with van der Waals surface area (Å²) in [4.78, 5) is 15.8. The van der Waals surface area contributed by atoms with Crippen LogP contribution < -0.4 is 5.32 Å². The second kappa shape index (κ2) is 7.34. The van der Waals surface area contributed by atoms with Crippen LogP contribution in [0.3, 0.4) is 0 Å². The summed E-state index contributed by atoms with van der Waals surface area (Å²) in [5.41, 5.74) is -4.79. The van der Waals surface area contributed by atoms with Gasteiger partial charge in [0.15, 0.2) is 11.3 Å². The van der Waals surface area contributed by atoms with E-state index in [0.717, 1.165) is 29.9 Å². The minimum atomic E-state index is -4.89. The Balaban J connectivity index is 1.86. The van der Waals surface area contributed by atoms with Crippen LogP contribution in [0, 0.1) is 23.1 Å². The van der Waals surface area contributed by atoms with Gasteiger partial charge in [0, 0.05) is 0 Å². The van der Waals surface area contributed by atoms with Crippen molar-refractivity contribution in [2.45, 2.75) is 25.2 Å². The molecule has 0 bridgehead atoms. The summed E-state index contributed by atoms with van der Waals surface area (Å²) in [7, 11) is 0. The Kier molecular flexibility index (Phi) is 5.17. The van der Waals surface area contributed by atoms with Gasteiger partial charge in [0.1, 0.15) is 11.9 Å². The highest BCUT2D eigenvalue weighted by atomic mass is 19.4. The molecule has 0 aliphatic heterocycles. The molecule has 0 radical (unpaired) electrons. The van der Waals surface area contributed by atoms with E-state index in [9.17, 15) is 31.9 Å². The number of anilines is 1. The zero-order chi connectivity index (χ0) is 22.3. The number of alkyl halides is 3. The standard InChI is InChI=1S/C18H12F5N5O2/c1-17(30,8-28-14-3-2-9(19)4-11(14)15(20)27-28)16(29)26-10-5-12(18(21,22)23)13(6-24)25-7-10/h2-5,7,30H,8H2,1H3,(H,26,29). The fourth-order valence-electron chi connectivity index (χ4n) is 2.70. The van der Waals surface area contributed by atoms with Crippen LogP contribution in [0.5, 0.6) is 0 Å². The van der Waals surface area contributed by atoms with Crippen LogP contribution in [0.15, 0.2) is 30.5 Å². The average molecular weight is 425 g/mol. The molecule has 3 rings (SSSR count). The van der Waals surface area contributed by atoms with Crippen LogP contribution in [-0.4, -0.2) is 31.4 Å². The topological polar surface area (TPSA) is 104 Å². The predicted molar refractivity (Wildman–Crippen MR) is 92.9 cm³/mol. The van der Waals surface area contributed by atoms with E-state index in [-0.39, 0.29) is 10.9 Å². The number of halogens is 5. The minimum Gasteiger partial charge on any atom is -0.378 e. The molecule has 0 aliphatic carbocycles. The number of nitrogens with one attached hydrogen (secondary N) is 1. The maximum atomic E-state index is 13.9. The first-order valence-corrected chi connectivity index (χ1v) is 8.25. The number of aromatic nitrogens is 3. The number of carbonyl (C=O) groups is 1. The van der Waals surface area contributed by atoms with Crippen molar-refractivity contribution in [1.29, 1.82) is 5.26 Å². The number of nitriles is 1. The summed E-state index contributed by atoms with van der Waals surface area (Å²) >= 11 is 0. The van der Waals surface area contributed by atoms with Crippen molar-refractivity contribution in [3.63, 3.8) is 0 Å². The second-order valence-electron chi connectivity index (χ2n) is 6.57. The number of pyridine rings is 1. The molecule has 1 unspecified atom stereocenters. The maximum Gasteiger partial charge on any atom is 0.419 e. The Hall–Kier alpha value is -3.59. The number of hydrogen-bond donors (Lipinski definition) is 2. The van der Waals surface area contributed by atoms with Crippen LogP contribution >= 0.6 is 0 Å². The highest BCUT2D eigenvalue weighted by Crippen LogP contribution is 2.32. The van der Waals surface area contributed by atoms with E-state index in [2.05, 4.69) is 15.4 Å². The Labute approximate surface area is 165 Å². The van der Waals surface area contributed by atoms with Crippen molar-refractivity contribution in [3.8, 4) is 6.07 Å². The third-order valence-electron chi connectivity index (χ3n) is 4.17. The first-order chi connectivity index (χ1) is 13.9. The third-order valence-corrected chi connectivity index (χ3v) is 4.17. The smallest absolute Gasteiger partial charge is 0.378 e. The Morgan fingerprint density at radius 3 is 2.63 bits per heavy atom. The van der Waals surface area contributed by atoms with Crippen molar-refractivity contribution in [3.05, 3.63) is 53.5 Å². The number of hydrogen-bond acceptors (Lipinski definition) is 5. The molecule has 12 heteroatoms. The van der Waals surface area contributed by atoms with Gasteiger partial charge in [-0.05, 0) is 31.2 Å². The van der Waals surface area contributed by atoms with Gasteiger partial charge in [-0.1, -0.05) is 0 Å². The summed E-state index contributed by atoms with van der Waals surface area (Å²) in [5.74, 6) is -2.86. The first kappa shape index (κ1) is 21.1. The van der Waals surface area contributed by atoms with E-state index in [0.29, 0.717) is 6.07 Å². The van der Waals surface area contributed by atoms with Gasteiger partial charge in [-0.15, -0.1) is 5.10 Å². The van der Waals surface area contributed by atoms with Crippen molar-refractivity contribution in [2.75, 3.05) is 5.32 Å². The highest BCUT2D eigenvalue weighted by molar-refractivity contribution is 5.96. The number of rotatable bonds is 4. The van der Waals surface area contributed by atoms with Crippen molar-refractivity contribution in [1.82, 2.24) is 14.8 Å². The van der Waals surface area contributed by atoms with E-state index in [1.165, 1.54) is 12.1 Å². The summed E-state index contributed by atoms with van der Waals surface area (Å²) in [6, 6.07) is 4.94. The van der Waals surface area contributed by atoms with E-state index in [1.54, 1.807) is 0 Å². The Bertz CT molecular complexity index is 1180. The molecule has 0 fully saturated rings. The van der Waals surface area contributed by atoms with Crippen LogP contribution in [0.2, 0.25) is 0 Å². The minimum absolute atomic E-state index is 0.0985. The van der Waals surface area contributed by atoms with Crippen LogP contribution in [0.25, 0.3) is 10.9 Å². The molecule has 1 aromatic carbocycles. The molecule has 0 spiro atoms. The lowest BCUT2D eigenvalue weighted by atomic mass is 10.1. The molecule has 1 atom stereocenters. The normalized spacial score (nSPS) is 13.7. The number of amides is 1. The van der Waals surface area contributed by atoms with Crippen LogP contribution in [-0.2, 0) is 17.5 Å². The van der Waals surface area contributed by atoms with Gasteiger partial charge in [0.2, 0.25) is 5.95 Å². The summed E-state index contributed by atoms with van der Waals surface area (Å²) in [5, 5.41) is 24.7. The fraction of sp³-hybridized carbons (Fsp3) is 0.222. The lowest BCUT2D eigenvalue weighted by Crippen LogP contribution is -2.44. The molecule has 7 nitrogen and oxygen atoms in total. The lowest BCUT2D eigenvalue weighted by molar-refractivity contribution is -0.138. The molecule has 0 aliphatic rings. The molecule has 3 aromatic rings. The average Bonchev–Trinajstić information content (AvgIpc) is 2.95. The zero-order valence-electron chi connectivity index (χ0n) is 15.1. The van der Waals surface area contributed by atoms with Gasteiger partial charge in [-0.25, -0.2) is 9.37 Å². The summed E-state index contributed by atoms with van der Waals surface area (Å²) in [6.45, 7) is 0.458. The monoisotopic (exact) mass is 425 g/mol. The molecule has 2 aromatic heterocycles. The van der Waals surface area contributed by atoms with Crippen LogP contribution in [0.4, 0.5) is 27.6 Å². The molecular formula is C18H12F5N5O2. The van der Waals surface area contributed by atoms with Crippen molar-refractivity contribution < 1.29 is 31.9 Å². The van der Waals surface area contributed by atoms with E-state index in [1.807, 2.05) is 0 Å². The molecule has 2 heterocycles. The molecule has 30 heavy (non-hydrogen) atoms. The summed E-state index contributed by atoms with van der Waals surface area (Å²) in [6.07, 6.45) is -4.06. The molecule has 156 valence electrons. The number of fused-ring (bicyclic) bond motifs is 1. The van der Waals surface area contributed by atoms with Gasteiger partial charge in [-0.2, -0.15) is 22.8 Å². The van der Waals surface area contributed by atoms with Gasteiger partial charge >= 0.3 is 6.18 Å². The molecule has 0 saturated carbocycles. The predicted octanol–water partition coefficient (Wildman–Crippen LogP) is 2.99. The van der Waals surface area contributed by atoms with Gasteiger partial charge in [0.25, 0.3) is 5.91 Å². The second-order valence-corrected chi connectivity index (χ2v) is 6.57. The van der Waals surface area contributed by atoms with Crippen molar-refractivity contribution >= 4 is 22.5 Å².